The summed E-state index contributed by atoms with van der Waals surface area (Å²) in [6.07, 6.45) is 4.87. The minimum atomic E-state index is -0.331. The first-order valence-electron chi connectivity index (χ1n) is 6.28. The quantitative estimate of drug-likeness (QED) is 0.699. The second-order valence-electron chi connectivity index (χ2n) is 4.96. The number of aromatic amines is 1. The van der Waals surface area contributed by atoms with Crippen LogP contribution in [0, 0.1) is 5.92 Å². The van der Waals surface area contributed by atoms with E-state index in [4.69, 9.17) is 5.73 Å². The van der Waals surface area contributed by atoms with Crippen LogP contribution in [0.5, 0.6) is 0 Å². The molecule has 100 valence electrons. The lowest BCUT2D eigenvalue weighted by atomic mass is 10.1. The highest BCUT2D eigenvalue weighted by molar-refractivity contribution is 5.86. The van der Waals surface area contributed by atoms with Crippen LogP contribution < -0.4 is 5.73 Å². The predicted octanol–water partition coefficient (Wildman–Crippen LogP) is 0.519. The highest BCUT2D eigenvalue weighted by Crippen LogP contribution is 2.24. The van der Waals surface area contributed by atoms with Crippen LogP contribution in [0.1, 0.15) is 5.56 Å². The normalized spacial score (nSPS) is 24.1. The van der Waals surface area contributed by atoms with Crippen molar-refractivity contribution < 1.29 is 5.11 Å². The maximum Gasteiger partial charge on any atom is 0.151 e. The number of nitrogens with zero attached hydrogens (tertiary/aromatic N) is 3. The lowest BCUT2D eigenvalue weighted by Crippen LogP contribution is -2.21. The number of nitrogens with two attached hydrogens (primary N) is 1. The van der Waals surface area contributed by atoms with Crippen molar-refractivity contribution in [3.05, 3.63) is 30.7 Å². The molecule has 2 aromatic rings. The third kappa shape index (κ3) is 2.09. The summed E-state index contributed by atoms with van der Waals surface area (Å²) in [6, 6.07) is 0. The minimum Gasteiger partial charge on any atom is -0.391 e. The van der Waals surface area contributed by atoms with Crippen molar-refractivity contribution in [2.75, 3.05) is 18.8 Å². The number of aliphatic hydroxyl groups is 1. The Morgan fingerprint density at radius 3 is 3.11 bits per heavy atom. The molecule has 1 aliphatic heterocycles. The molecule has 0 bridgehead atoms. The molecule has 1 unspecified atom stereocenters. The molecule has 0 amide bonds. The molecule has 0 radical (unpaired) electrons. The van der Waals surface area contributed by atoms with Crippen molar-refractivity contribution in [3.63, 3.8) is 0 Å². The molecular formula is C13H17N5O. The van der Waals surface area contributed by atoms with Gasteiger partial charge in [0, 0.05) is 37.3 Å². The summed E-state index contributed by atoms with van der Waals surface area (Å²) in [5.41, 5.74) is 8.49. The van der Waals surface area contributed by atoms with Gasteiger partial charge in [-0.2, -0.15) is 0 Å². The molecule has 0 spiro atoms. The molecule has 3 heterocycles. The van der Waals surface area contributed by atoms with Crippen LogP contribution in [0.2, 0.25) is 0 Å². The lowest BCUT2D eigenvalue weighted by molar-refractivity contribution is 0.156. The maximum atomic E-state index is 9.88. The minimum absolute atomic E-state index is 0.143. The third-order valence-corrected chi connectivity index (χ3v) is 3.68. The SMILES string of the molecule is C=C[C@H]1CN(Cc2c[nH]c3c(N)ncnc23)CC1O. The van der Waals surface area contributed by atoms with Gasteiger partial charge in [-0.3, -0.25) is 4.90 Å². The number of anilines is 1. The Kier molecular flexibility index (Phi) is 2.96. The van der Waals surface area contributed by atoms with E-state index in [2.05, 4.69) is 26.4 Å². The zero-order valence-electron chi connectivity index (χ0n) is 10.6. The Labute approximate surface area is 111 Å². The van der Waals surface area contributed by atoms with Crippen LogP contribution in [0.15, 0.2) is 25.2 Å². The van der Waals surface area contributed by atoms with E-state index in [1.807, 2.05) is 12.3 Å². The highest BCUT2D eigenvalue weighted by Gasteiger charge is 2.29. The van der Waals surface area contributed by atoms with Gasteiger partial charge in [-0.05, 0) is 0 Å². The first-order valence-corrected chi connectivity index (χ1v) is 6.28. The van der Waals surface area contributed by atoms with E-state index in [-0.39, 0.29) is 12.0 Å². The van der Waals surface area contributed by atoms with E-state index in [0.717, 1.165) is 29.7 Å². The van der Waals surface area contributed by atoms with Crippen LogP contribution in [0.4, 0.5) is 5.82 Å². The number of aromatic nitrogens is 3. The lowest BCUT2D eigenvalue weighted by Gasteiger charge is -2.13. The van der Waals surface area contributed by atoms with Crippen molar-refractivity contribution in [2.45, 2.75) is 12.6 Å². The zero-order valence-corrected chi connectivity index (χ0v) is 10.6. The fourth-order valence-corrected chi connectivity index (χ4v) is 2.63. The number of β-amino-alcohol motifs (C(OH)–C–C–N with tert-alkyl or cyclic N) is 1. The first kappa shape index (κ1) is 12.1. The molecule has 1 aliphatic rings. The summed E-state index contributed by atoms with van der Waals surface area (Å²) in [4.78, 5) is 13.5. The summed E-state index contributed by atoms with van der Waals surface area (Å²) < 4.78 is 0. The van der Waals surface area contributed by atoms with E-state index in [1.165, 1.54) is 6.33 Å². The maximum absolute atomic E-state index is 9.88. The van der Waals surface area contributed by atoms with Crippen molar-refractivity contribution >= 4 is 16.9 Å². The van der Waals surface area contributed by atoms with Crippen LogP contribution in [0.3, 0.4) is 0 Å². The molecule has 19 heavy (non-hydrogen) atoms. The Balaban J connectivity index is 1.83. The number of hydrogen-bond acceptors (Lipinski definition) is 5. The van der Waals surface area contributed by atoms with Crippen LogP contribution in [0.25, 0.3) is 11.0 Å². The first-order chi connectivity index (χ1) is 9.19. The van der Waals surface area contributed by atoms with Crippen molar-refractivity contribution in [1.82, 2.24) is 19.9 Å². The van der Waals surface area contributed by atoms with Crippen molar-refractivity contribution in [1.29, 1.82) is 0 Å². The summed E-state index contributed by atoms with van der Waals surface area (Å²) >= 11 is 0. The van der Waals surface area contributed by atoms with Gasteiger partial charge in [0.05, 0.1) is 11.6 Å². The van der Waals surface area contributed by atoms with E-state index >= 15 is 0 Å². The van der Waals surface area contributed by atoms with Crippen molar-refractivity contribution in [3.8, 4) is 0 Å². The van der Waals surface area contributed by atoms with E-state index in [1.54, 1.807) is 0 Å². The second kappa shape index (κ2) is 4.64. The third-order valence-electron chi connectivity index (χ3n) is 3.68. The van der Waals surface area contributed by atoms with Gasteiger partial charge < -0.3 is 15.8 Å². The number of rotatable bonds is 3. The largest absolute Gasteiger partial charge is 0.391 e. The predicted molar refractivity (Wildman–Crippen MR) is 73.3 cm³/mol. The molecule has 1 fully saturated rings. The molecule has 2 aromatic heterocycles. The number of nitrogen functional groups attached to an aromatic ring is 1. The number of likely N-dealkylation sites (tertiary alicyclic amines) is 1. The van der Waals surface area contributed by atoms with Gasteiger partial charge in [-0.15, -0.1) is 6.58 Å². The molecule has 2 atom stereocenters. The highest BCUT2D eigenvalue weighted by atomic mass is 16.3. The molecule has 4 N–H and O–H groups in total. The van der Waals surface area contributed by atoms with Gasteiger partial charge in [0.1, 0.15) is 11.8 Å². The van der Waals surface area contributed by atoms with E-state index in [9.17, 15) is 5.11 Å². The fraction of sp³-hybridized carbons (Fsp3) is 0.385. The summed E-state index contributed by atoms with van der Waals surface area (Å²) in [5.74, 6) is 0.603. The number of hydrogen-bond donors (Lipinski definition) is 3. The summed E-state index contributed by atoms with van der Waals surface area (Å²) in [7, 11) is 0. The van der Waals surface area contributed by atoms with Crippen LogP contribution in [-0.4, -0.2) is 44.2 Å². The number of H-pyrrole nitrogens is 1. The Bertz CT molecular complexity index is 608. The van der Waals surface area contributed by atoms with E-state index in [0.29, 0.717) is 12.4 Å². The second-order valence-corrected chi connectivity index (χ2v) is 4.96. The molecular weight excluding hydrogens is 242 g/mol. The van der Waals surface area contributed by atoms with Crippen LogP contribution in [-0.2, 0) is 6.54 Å². The number of aliphatic hydroxyl groups excluding tert-OH is 1. The molecule has 0 aliphatic carbocycles. The average Bonchev–Trinajstić information content (AvgIpc) is 2.95. The Morgan fingerprint density at radius 1 is 1.53 bits per heavy atom. The standard InChI is InChI=1S/C13H17N5O/c1-2-8-4-18(6-10(8)19)5-9-3-15-12-11(9)16-7-17-13(12)14/h2-3,7-8,10,15,19H,1,4-6H2,(H2,14,16,17)/t8-,10?/m0/s1. The summed E-state index contributed by atoms with van der Waals surface area (Å²) in [6.45, 7) is 5.96. The average molecular weight is 259 g/mol. The zero-order chi connectivity index (χ0) is 13.4. The van der Waals surface area contributed by atoms with Crippen molar-refractivity contribution in [2.24, 2.45) is 5.92 Å². The molecule has 0 saturated carbocycles. The number of nitrogens with one attached hydrogen (secondary N) is 1. The smallest absolute Gasteiger partial charge is 0.151 e. The van der Waals surface area contributed by atoms with Gasteiger partial charge in [-0.25, -0.2) is 9.97 Å². The monoisotopic (exact) mass is 259 g/mol. The number of fused-ring (bicyclic) bond motifs is 1. The Hall–Kier alpha value is -1.92. The summed E-state index contributed by atoms with van der Waals surface area (Å²) in [5, 5.41) is 9.88. The molecule has 3 rings (SSSR count). The van der Waals surface area contributed by atoms with Gasteiger partial charge in [0.15, 0.2) is 5.82 Å². The van der Waals surface area contributed by atoms with Gasteiger partial charge >= 0.3 is 0 Å². The molecule has 6 nitrogen and oxygen atoms in total. The van der Waals surface area contributed by atoms with Gasteiger partial charge in [0.25, 0.3) is 0 Å². The van der Waals surface area contributed by atoms with Gasteiger partial charge in [0.2, 0.25) is 0 Å². The Morgan fingerprint density at radius 2 is 2.37 bits per heavy atom. The van der Waals surface area contributed by atoms with E-state index < -0.39 is 0 Å². The van der Waals surface area contributed by atoms with Gasteiger partial charge in [-0.1, -0.05) is 6.08 Å². The van der Waals surface area contributed by atoms with Crippen LogP contribution >= 0.6 is 0 Å². The fourth-order valence-electron chi connectivity index (χ4n) is 2.63. The molecule has 6 heteroatoms. The molecule has 0 aromatic carbocycles. The molecule has 1 saturated heterocycles. The topological polar surface area (TPSA) is 91.1 Å².